The van der Waals surface area contributed by atoms with Gasteiger partial charge in [0, 0.05) is 0 Å². The molecule has 8 nitrogen and oxygen atoms in total. The fourth-order valence-electron chi connectivity index (χ4n) is 1.17. The zero-order chi connectivity index (χ0) is 15.3. The molecule has 1 aromatic rings. The molecule has 0 spiro atoms. The lowest BCUT2D eigenvalue weighted by Crippen LogP contribution is -2.41. The highest BCUT2D eigenvalue weighted by molar-refractivity contribution is 7.89. The highest BCUT2D eigenvalue weighted by atomic mass is 35.5. The second kappa shape index (κ2) is 6.55. The second-order valence-corrected chi connectivity index (χ2v) is 5.42. The first-order chi connectivity index (χ1) is 9.31. The maximum atomic E-state index is 11.9. The van der Waals surface area contributed by atoms with Crippen LogP contribution in [0.5, 0.6) is 0 Å². The average Bonchev–Trinajstić information content (AvgIpc) is 2.44. The predicted molar refractivity (Wildman–Crippen MR) is 68.7 cm³/mol. The zero-order valence-corrected chi connectivity index (χ0v) is 12.0. The number of sulfonamides is 1. The number of nitrogens with one attached hydrogen (secondary N) is 2. The minimum Gasteiger partial charge on any atom is -0.465 e. The van der Waals surface area contributed by atoms with E-state index in [0.29, 0.717) is 0 Å². The molecular weight excluding hydrogens is 312 g/mol. The van der Waals surface area contributed by atoms with Gasteiger partial charge in [-0.1, -0.05) is 11.6 Å². The van der Waals surface area contributed by atoms with E-state index in [1.54, 1.807) is 10.3 Å². The number of carbonyl (C=O) groups is 2. The van der Waals surface area contributed by atoms with Crippen LogP contribution in [0.4, 0.5) is 4.79 Å². The van der Waals surface area contributed by atoms with Crippen LogP contribution in [-0.4, -0.2) is 34.7 Å². The lowest BCUT2D eigenvalue weighted by molar-refractivity contribution is 0.0600. The highest BCUT2D eigenvalue weighted by Crippen LogP contribution is 2.22. The Bertz CT molecular complexity index is 631. The van der Waals surface area contributed by atoms with E-state index < -0.39 is 27.0 Å². The highest BCUT2D eigenvalue weighted by Gasteiger charge is 2.21. The van der Waals surface area contributed by atoms with Gasteiger partial charge < -0.3 is 9.47 Å². The predicted octanol–water partition coefficient (Wildman–Crippen LogP) is 0.676. The van der Waals surface area contributed by atoms with E-state index in [4.69, 9.17) is 11.6 Å². The molecule has 20 heavy (non-hydrogen) atoms. The number of hydrogen-bond acceptors (Lipinski definition) is 6. The third kappa shape index (κ3) is 3.83. The van der Waals surface area contributed by atoms with Gasteiger partial charge in [0.1, 0.15) is 4.90 Å². The Kier molecular flexibility index (Phi) is 5.31. The Morgan fingerprint density at radius 3 is 2.40 bits per heavy atom. The standard InChI is InChI=1S/C10H11ClN2O6S/c1-18-9(14)6-3-4-7(11)8(5-6)20(16,17)13-12-10(15)19-2/h3-5,13H,1-2H3,(H,12,15). The van der Waals surface area contributed by atoms with Crippen LogP contribution in [0.15, 0.2) is 23.1 Å². The van der Waals surface area contributed by atoms with Crippen LogP contribution in [0, 0.1) is 0 Å². The molecule has 0 aliphatic carbocycles. The maximum absolute atomic E-state index is 11.9. The molecule has 0 aliphatic heterocycles. The molecule has 10 heteroatoms. The number of hydrazine groups is 1. The van der Waals surface area contributed by atoms with Crippen molar-refractivity contribution in [2.45, 2.75) is 4.90 Å². The lowest BCUT2D eigenvalue weighted by Gasteiger charge is -2.09. The van der Waals surface area contributed by atoms with Crippen molar-refractivity contribution in [3.63, 3.8) is 0 Å². The van der Waals surface area contributed by atoms with Gasteiger partial charge in [-0.15, -0.1) is 4.83 Å². The first kappa shape index (κ1) is 16.2. The zero-order valence-electron chi connectivity index (χ0n) is 10.5. The second-order valence-electron chi connectivity index (χ2n) is 3.36. The first-order valence-corrected chi connectivity index (χ1v) is 6.91. The van der Waals surface area contributed by atoms with Crippen molar-refractivity contribution in [1.82, 2.24) is 10.3 Å². The summed E-state index contributed by atoms with van der Waals surface area (Å²) in [6.45, 7) is 0. The quantitative estimate of drug-likeness (QED) is 0.623. The van der Waals surface area contributed by atoms with Gasteiger partial charge in [0.05, 0.1) is 24.8 Å². The molecular formula is C10H11ClN2O6S. The number of benzene rings is 1. The van der Waals surface area contributed by atoms with Crippen LogP contribution in [0.1, 0.15) is 10.4 Å². The molecule has 1 amide bonds. The Morgan fingerprint density at radius 2 is 1.85 bits per heavy atom. The van der Waals surface area contributed by atoms with Crippen LogP contribution in [0.25, 0.3) is 0 Å². The number of halogens is 1. The number of ether oxygens (including phenoxy) is 2. The van der Waals surface area contributed by atoms with Crippen LogP contribution in [-0.2, 0) is 19.5 Å². The lowest BCUT2D eigenvalue weighted by atomic mass is 10.2. The van der Waals surface area contributed by atoms with E-state index >= 15 is 0 Å². The Labute approximate surface area is 120 Å². The SMILES string of the molecule is COC(=O)NNS(=O)(=O)c1cc(C(=O)OC)ccc1Cl. The first-order valence-electron chi connectivity index (χ1n) is 5.05. The molecule has 0 atom stereocenters. The fraction of sp³-hybridized carbons (Fsp3) is 0.200. The summed E-state index contributed by atoms with van der Waals surface area (Å²) in [5.41, 5.74) is 1.78. The van der Waals surface area contributed by atoms with E-state index in [-0.39, 0.29) is 10.6 Å². The van der Waals surface area contributed by atoms with Crippen molar-refractivity contribution in [3.8, 4) is 0 Å². The van der Waals surface area contributed by atoms with Crippen molar-refractivity contribution in [2.24, 2.45) is 0 Å². The van der Waals surface area contributed by atoms with Crippen molar-refractivity contribution in [1.29, 1.82) is 0 Å². The summed E-state index contributed by atoms with van der Waals surface area (Å²) in [7, 11) is -1.94. The van der Waals surface area contributed by atoms with E-state index in [0.717, 1.165) is 20.3 Å². The molecule has 0 bridgehead atoms. The Balaban J connectivity index is 3.11. The summed E-state index contributed by atoms with van der Waals surface area (Å²) in [5.74, 6) is -0.723. The van der Waals surface area contributed by atoms with E-state index in [1.807, 2.05) is 0 Å². The summed E-state index contributed by atoms with van der Waals surface area (Å²) in [6.07, 6.45) is -1.01. The van der Waals surface area contributed by atoms with Crippen molar-refractivity contribution < 1.29 is 27.5 Å². The minimum atomic E-state index is -4.16. The van der Waals surface area contributed by atoms with Gasteiger partial charge in [0.15, 0.2) is 0 Å². The number of esters is 1. The van der Waals surface area contributed by atoms with Crippen molar-refractivity contribution in [2.75, 3.05) is 14.2 Å². The van der Waals surface area contributed by atoms with Crippen molar-refractivity contribution >= 4 is 33.7 Å². The summed E-state index contributed by atoms with van der Waals surface area (Å²) >= 11 is 5.76. The third-order valence-corrected chi connectivity index (χ3v) is 3.84. The Morgan fingerprint density at radius 1 is 1.20 bits per heavy atom. The molecule has 1 rings (SSSR count). The molecule has 0 fully saturated rings. The van der Waals surface area contributed by atoms with Gasteiger partial charge in [0.2, 0.25) is 0 Å². The molecule has 0 heterocycles. The van der Waals surface area contributed by atoms with Gasteiger partial charge in [-0.05, 0) is 18.2 Å². The molecule has 110 valence electrons. The number of amides is 1. The summed E-state index contributed by atoms with van der Waals surface area (Å²) in [6, 6.07) is 3.55. The number of carbonyl (C=O) groups excluding carboxylic acids is 2. The molecule has 0 aliphatic rings. The van der Waals surface area contributed by atoms with Crippen LogP contribution in [0.3, 0.4) is 0 Å². The van der Waals surface area contributed by atoms with Crippen LogP contribution >= 0.6 is 11.6 Å². The minimum absolute atomic E-state index is 0.00431. The van der Waals surface area contributed by atoms with Gasteiger partial charge in [-0.3, -0.25) is 0 Å². The average molecular weight is 323 g/mol. The molecule has 0 saturated heterocycles. The normalized spacial score (nSPS) is 10.8. The van der Waals surface area contributed by atoms with Gasteiger partial charge in [-0.25, -0.2) is 23.4 Å². The monoisotopic (exact) mass is 322 g/mol. The number of rotatable bonds is 4. The van der Waals surface area contributed by atoms with Crippen LogP contribution < -0.4 is 10.3 Å². The molecule has 0 unspecified atom stereocenters. The fourth-order valence-corrected chi connectivity index (χ4v) is 2.53. The van der Waals surface area contributed by atoms with Crippen LogP contribution in [0.2, 0.25) is 5.02 Å². The molecule has 0 radical (unpaired) electrons. The third-order valence-electron chi connectivity index (χ3n) is 2.11. The van der Waals surface area contributed by atoms with Gasteiger partial charge in [0.25, 0.3) is 10.0 Å². The summed E-state index contributed by atoms with van der Waals surface area (Å²) < 4.78 is 32.5. The largest absolute Gasteiger partial charge is 0.465 e. The van der Waals surface area contributed by atoms with E-state index in [2.05, 4.69) is 9.47 Å². The van der Waals surface area contributed by atoms with E-state index in [9.17, 15) is 18.0 Å². The number of methoxy groups -OCH3 is 2. The van der Waals surface area contributed by atoms with Gasteiger partial charge in [-0.2, -0.15) is 0 Å². The van der Waals surface area contributed by atoms with E-state index in [1.165, 1.54) is 12.1 Å². The number of hydrogen-bond donors (Lipinski definition) is 2. The summed E-state index contributed by atoms with van der Waals surface area (Å²) in [4.78, 5) is 23.5. The molecule has 2 N–H and O–H groups in total. The molecule has 0 saturated carbocycles. The maximum Gasteiger partial charge on any atom is 0.422 e. The van der Waals surface area contributed by atoms with Gasteiger partial charge >= 0.3 is 12.1 Å². The topological polar surface area (TPSA) is 111 Å². The molecule has 1 aromatic carbocycles. The molecule has 0 aromatic heterocycles. The summed E-state index contributed by atoms with van der Waals surface area (Å²) in [5, 5.41) is -0.128. The smallest absolute Gasteiger partial charge is 0.422 e. The Hall–Kier alpha value is -1.84. The van der Waals surface area contributed by atoms with Crippen molar-refractivity contribution in [3.05, 3.63) is 28.8 Å².